The average Bonchev–Trinajstić information content (AvgIpc) is 2.83. The lowest BCUT2D eigenvalue weighted by Crippen LogP contribution is -2.24. The number of rotatable bonds is 4. The molecule has 88 valence electrons. The molecule has 1 amide bonds. The van der Waals surface area contributed by atoms with E-state index in [9.17, 15) is 4.79 Å². The van der Waals surface area contributed by atoms with Crippen LogP contribution in [0.25, 0.3) is 0 Å². The van der Waals surface area contributed by atoms with E-state index in [1.165, 1.54) is 0 Å². The molecule has 2 aromatic rings. The molecule has 0 bridgehead atoms. The van der Waals surface area contributed by atoms with Crippen LogP contribution in [0.15, 0.2) is 52.2 Å². The number of nitrogens with one attached hydrogen (secondary N) is 1. The first kappa shape index (κ1) is 11.8. The molecule has 1 aromatic carbocycles. The van der Waals surface area contributed by atoms with E-state index in [0.29, 0.717) is 13.0 Å². The monoisotopic (exact) mass is 247 g/mol. The van der Waals surface area contributed by atoms with Gasteiger partial charge in [-0.15, -0.1) is 12.6 Å². The van der Waals surface area contributed by atoms with Gasteiger partial charge in [0, 0.05) is 17.0 Å². The van der Waals surface area contributed by atoms with Crippen molar-refractivity contribution >= 4 is 18.5 Å². The zero-order valence-electron chi connectivity index (χ0n) is 9.22. The zero-order valence-corrected chi connectivity index (χ0v) is 10.1. The Hall–Kier alpha value is -1.68. The first-order valence-electron chi connectivity index (χ1n) is 5.30. The molecule has 17 heavy (non-hydrogen) atoms. The predicted molar refractivity (Wildman–Crippen MR) is 68.0 cm³/mol. The minimum Gasteiger partial charge on any atom is -0.472 e. The van der Waals surface area contributed by atoms with Gasteiger partial charge in [0.05, 0.1) is 18.9 Å². The Labute approximate surface area is 105 Å². The maximum absolute atomic E-state index is 11.6. The lowest BCUT2D eigenvalue weighted by atomic mass is 10.1. The first-order valence-corrected chi connectivity index (χ1v) is 5.74. The van der Waals surface area contributed by atoms with Crippen LogP contribution in [-0.4, -0.2) is 5.91 Å². The van der Waals surface area contributed by atoms with Gasteiger partial charge >= 0.3 is 0 Å². The second kappa shape index (κ2) is 5.59. The van der Waals surface area contributed by atoms with Crippen molar-refractivity contribution in [3.05, 3.63) is 54.0 Å². The van der Waals surface area contributed by atoms with E-state index in [-0.39, 0.29) is 5.91 Å². The largest absolute Gasteiger partial charge is 0.472 e. The fourth-order valence-electron chi connectivity index (χ4n) is 1.46. The highest BCUT2D eigenvalue weighted by Crippen LogP contribution is 2.08. The highest BCUT2D eigenvalue weighted by atomic mass is 32.1. The molecule has 1 heterocycles. The number of thiol groups is 1. The van der Waals surface area contributed by atoms with Crippen LogP contribution in [0.5, 0.6) is 0 Å². The third-order valence-corrected chi connectivity index (χ3v) is 2.67. The Morgan fingerprint density at radius 2 is 1.94 bits per heavy atom. The Morgan fingerprint density at radius 3 is 2.59 bits per heavy atom. The van der Waals surface area contributed by atoms with Crippen LogP contribution < -0.4 is 5.32 Å². The van der Waals surface area contributed by atoms with Crippen LogP contribution in [0.2, 0.25) is 0 Å². The van der Waals surface area contributed by atoms with Gasteiger partial charge in [0.2, 0.25) is 5.91 Å². The zero-order chi connectivity index (χ0) is 12.1. The second-order valence-corrected chi connectivity index (χ2v) is 4.27. The van der Waals surface area contributed by atoms with Crippen LogP contribution in [-0.2, 0) is 17.8 Å². The summed E-state index contributed by atoms with van der Waals surface area (Å²) in [5, 5.41) is 2.83. The summed E-state index contributed by atoms with van der Waals surface area (Å²) in [5.41, 5.74) is 1.94. The third kappa shape index (κ3) is 3.67. The van der Waals surface area contributed by atoms with Gasteiger partial charge in [-0.25, -0.2) is 0 Å². The maximum atomic E-state index is 11.6. The van der Waals surface area contributed by atoms with Crippen LogP contribution in [0.4, 0.5) is 0 Å². The van der Waals surface area contributed by atoms with Gasteiger partial charge in [0.1, 0.15) is 0 Å². The van der Waals surface area contributed by atoms with E-state index in [4.69, 9.17) is 4.42 Å². The molecule has 2 rings (SSSR count). The van der Waals surface area contributed by atoms with E-state index in [1.807, 2.05) is 30.3 Å². The number of amides is 1. The number of carbonyl (C=O) groups excluding carboxylic acids is 1. The van der Waals surface area contributed by atoms with Crippen molar-refractivity contribution in [3.8, 4) is 0 Å². The topological polar surface area (TPSA) is 42.2 Å². The maximum Gasteiger partial charge on any atom is 0.224 e. The normalized spacial score (nSPS) is 10.2. The van der Waals surface area contributed by atoms with Gasteiger partial charge < -0.3 is 9.73 Å². The van der Waals surface area contributed by atoms with Crippen molar-refractivity contribution in [2.75, 3.05) is 0 Å². The lowest BCUT2D eigenvalue weighted by molar-refractivity contribution is -0.120. The summed E-state index contributed by atoms with van der Waals surface area (Å²) in [5.74, 6) is -0.00175. The molecule has 0 atom stereocenters. The van der Waals surface area contributed by atoms with Gasteiger partial charge in [0.15, 0.2) is 0 Å². The van der Waals surface area contributed by atoms with Crippen molar-refractivity contribution in [2.24, 2.45) is 0 Å². The number of furan rings is 1. The van der Waals surface area contributed by atoms with E-state index < -0.39 is 0 Å². The van der Waals surface area contributed by atoms with Gasteiger partial charge in [0.25, 0.3) is 0 Å². The second-order valence-electron chi connectivity index (χ2n) is 3.75. The van der Waals surface area contributed by atoms with Crippen molar-refractivity contribution in [3.63, 3.8) is 0 Å². The van der Waals surface area contributed by atoms with Crippen LogP contribution in [0.3, 0.4) is 0 Å². The number of benzene rings is 1. The van der Waals surface area contributed by atoms with E-state index >= 15 is 0 Å². The van der Waals surface area contributed by atoms with E-state index in [2.05, 4.69) is 17.9 Å². The molecule has 0 aliphatic heterocycles. The molecule has 3 nitrogen and oxygen atoms in total. The van der Waals surface area contributed by atoms with Crippen molar-refractivity contribution < 1.29 is 9.21 Å². The minimum absolute atomic E-state index is 0.00175. The molecule has 4 heteroatoms. The molecule has 0 fully saturated rings. The van der Waals surface area contributed by atoms with Gasteiger partial charge in [-0.2, -0.15) is 0 Å². The third-order valence-electron chi connectivity index (χ3n) is 2.37. The average molecular weight is 247 g/mol. The minimum atomic E-state index is -0.00175. The smallest absolute Gasteiger partial charge is 0.224 e. The highest BCUT2D eigenvalue weighted by molar-refractivity contribution is 7.80. The fraction of sp³-hybridized carbons (Fsp3) is 0.154. The summed E-state index contributed by atoms with van der Waals surface area (Å²) >= 11 is 4.19. The van der Waals surface area contributed by atoms with Crippen molar-refractivity contribution in [1.29, 1.82) is 0 Å². The molecule has 0 saturated heterocycles. The fourth-order valence-corrected chi connectivity index (χ4v) is 1.60. The summed E-state index contributed by atoms with van der Waals surface area (Å²) in [6.07, 6.45) is 3.59. The Balaban J connectivity index is 1.83. The number of hydrogen-bond acceptors (Lipinski definition) is 3. The lowest BCUT2D eigenvalue weighted by Gasteiger charge is -2.03. The molecule has 0 aliphatic carbocycles. The van der Waals surface area contributed by atoms with Crippen molar-refractivity contribution in [2.45, 2.75) is 17.9 Å². The molecule has 0 aliphatic rings. The molecule has 1 N–H and O–H groups in total. The SMILES string of the molecule is O=C(Cc1ccc(S)cc1)NCc1ccoc1. The number of hydrogen-bond donors (Lipinski definition) is 2. The predicted octanol–water partition coefficient (Wildman–Crippen LogP) is 2.43. The van der Waals surface area contributed by atoms with Crippen LogP contribution in [0.1, 0.15) is 11.1 Å². The molecular formula is C13H13NO2S. The highest BCUT2D eigenvalue weighted by Gasteiger charge is 2.03. The van der Waals surface area contributed by atoms with Crippen molar-refractivity contribution in [1.82, 2.24) is 5.32 Å². The Kier molecular flexibility index (Phi) is 3.88. The summed E-state index contributed by atoms with van der Waals surface area (Å²) in [6, 6.07) is 9.39. The van der Waals surface area contributed by atoms with Gasteiger partial charge in [-0.3, -0.25) is 4.79 Å². The molecule has 1 aromatic heterocycles. The number of carbonyl (C=O) groups is 1. The quantitative estimate of drug-likeness (QED) is 0.815. The van der Waals surface area contributed by atoms with Gasteiger partial charge in [-0.1, -0.05) is 12.1 Å². The first-order chi connectivity index (χ1) is 8.24. The van der Waals surface area contributed by atoms with Crippen LogP contribution in [0, 0.1) is 0 Å². The van der Waals surface area contributed by atoms with Crippen LogP contribution >= 0.6 is 12.6 Å². The summed E-state index contributed by atoms with van der Waals surface area (Å²) in [6.45, 7) is 0.500. The molecule has 0 unspecified atom stereocenters. The molecule has 0 radical (unpaired) electrons. The Bertz CT molecular complexity index is 477. The van der Waals surface area contributed by atoms with E-state index in [1.54, 1.807) is 12.5 Å². The summed E-state index contributed by atoms with van der Waals surface area (Å²) < 4.78 is 4.92. The molecular weight excluding hydrogens is 234 g/mol. The van der Waals surface area contributed by atoms with E-state index in [0.717, 1.165) is 16.0 Å². The summed E-state index contributed by atoms with van der Waals surface area (Å²) in [7, 11) is 0. The summed E-state index contributed by atoms with van der Waals surface area (Å²) in [4.78, 5) is 12.5. The molecule has 0 spiro atoms. The van der Waals surface area contributed by atoms with Gasteiger partial charge in [-0.05, 0) is 23.8 Å². The molecule has 0 saturated carbocycles. The standard InChI is InChI=1S/C13H13NO2S/c15-13(14-8-11-5-6-16-9-11)7-10-1-3-12(17)4-2-10/h1-6,9,17H,7-8H2,(H,14,15). The Morgan fingerprint density at radius 1 is 1.18 bits per heavy atom.